The molecule has 1 fully saturated rings. The number of hydrogen-bond donors (Lipinski definition) is 0. The summed E-state index contributed by atoms with van der Waals surface area (Å²) < 4.78 is 6.80. The topological polar surface area (TPSA) is 82.8 Å². The summed E-state index contributed by atoms with van der Waals surface area (Å²) in [6.07, 6.45) is 10.4. The minimum atomic E-state index is -0.0923. The van der Waals surface area contributed by atoms with E-state index >= 15 is 0 Å². The van der Waals surface area contributed by atoms with E-state index in [-0.39, 0.29) is 11.5 Å². The number of ether oxygens (including phenoxy) is 1. The van der Waals surface area contributed by atoms with Crippen molar-refractivity contribution >= 4 is 0 Å². The van der Waals surface area contributed by atoms with Crippen molar-refractivity contribution in [2.24, 2.45) is 0 Å². The molecule has 7 nitrogen and oxygen atoms in total. The highest BCUT2D eigenvalue weighted by molar-refractivity contribution is 5.58. The van der Waals surface area contributed by atoms with Gasteiger partial charge in [0.15, 0.2) is 5.75 Å². The van der Waals surface area contributed by atoms with Crippen molar-refractivity contribution in [3.8, 4) is 23.0 Å². The number of benzene rings is 1. The normalized spacial score (nSPS) is 13.1. The molecule has 1 aliphatic carbocycles. The zero-order valence-electron chi connectivity index (χ0n) is 20.1. The SMILES string of the molecule is CCCCc1nc(C2CC2)n(-c2ncc(OC)cn2)c(=O)c1Cc1ccc(-c2ccccc2)nc1. The third kappa shape index (κ3) is 4.99. The van der Waals surface area contributed by atoms with Gasteiger partial charge in [-0.2, -0.15) is 0 Å². The molecule has 178 valence electrons. The lowest BCUT2D eigenvalue weighted by Gasteiger charge is -2.16. The lowest BCUT2D eigenvalue weighted by Crippen LogP contribution is -2.30. The van der Waals surface area contributed by atoms with Crippen LogP contribution in [0.5, 0.6) is 5.75 Å². The van der Waals surface area contributed by atoms with Crippen LogP contribution in [-0.4, -0.2) is 31.6 Å². The van der Waals surface area contributed by atoms with Crippen LogP contribution in [0.25, 0.3) is 17.2 Å². The van der Waals surface area contributed by atoms with Gasteiger partial charge in [0, 0.05) is 29.7 Å². The van der Waals surface area contributed by atoms with E-state index in [0.29, 0.717) is 23.7 Å². The Morgan fingerprint density at radius 1 is 1.00 bits per heavy atom. The largest absolute Gasteiger partial charge is 0.494 e. The highest BCUT2D eigenvalue weighted by atomic mass is 16.5. The van der Waals surface area contributed by atoms with Crippen molar-refractivity contribution in [1.29, 1.82) is 0 Å². The number of hydrogen-bond acceptors (Lipinski definition) is 6. The maximum Gasteiger partial charge on any atom is 0.264 e. The first-order chi connectivity index (χ1) is 17.2. The zero-order valence-corrected chi connectivity index (χ0v) is 20.1. The third-order valence-corrected chi connectivity index (χ3v) is 6.32. The second-order valence-electron chi connectivity index (χ2n) is 8.93. The van der Waals surface area contributed by atoms with E-state index in [1.807, 2.05) is 48.7 Å². The van der Waals surface area contributed by atoms with Gasteiger partial charge < -0.3 is 4.74 Å². The quantitative estimate of drug-likeness (QED) is 0.348. The summed E-state index contributed by atoms with van der Waals surface area (Å²) in [4.78, 5) is 32.5. The van der Waals surface area contributed by atoms with Crippen LogP contribution in [0.1, 0.15) is 61.2 Å². The maximum atomic E-state index is 13.9. The van der Waals surface area contributed by atoms with E-state index in [2.05, 4.69) is 21.9 Å². The summed E-state index contributed by atoms with van der Waals surface area (Å²) in [5.41, 5.74) is 4.43. The average Bonchev–Trinajstić information content (AvgIpc) is 3.75. The minimum absolute atomic E-state index is 0.0923. The molecular formula is C28H29N5O2. The van der Waals surface area contributed by atoms with E-state index in [9.17, 15) is 4.79 Å². The Hall–Kier alpha value is -3.87. The van der Waals surface area contributed by atoms with Crippen molar-refractivity contribution in [1.82, 2.24) is 24.5 Å². The molecule has 0 spiro atoms. The molecule has 1 saturated carbocycles. The fourth-order valence-electron chi connectivity index (χ4n) is 4.20. The number of pyridine rings is 1. The van der Waals surface area contributed by atoms with Gasteiger partial charge in [0.05, 0.1) is 30.9 Å². The summed E-state index contributed by atoms with van der Waals surface area (Å²) in [5, 5.41) is 0. The van der Waals surface area contributed by atoms with Gasteiger partial charge in [0.25, 0.3) is 5.56 Å². The fourth-order valence-corrected chi connectivity index (χ4v) is 4.20. The van der Waals surface area contributed by atoms with Crippen LogP contribution in [-0.2, 0) is 12.8 Å². The summed E-state index contributed by atoms with van der Waals surface area (Å²) in [5.74, 6) is 1.93. The van der Waals surface area contributed by atoms with Gasteiger partial charge in [0.1, 0.15) is 5.82 Å². The molecule has 0 unspecified atom stereocenters. The van der Waals surface area contributed by atoms with Gasteiger partial charge in [-0.15, -0.1) is 0 Å². The molecule has 0 radical (unpaired) electrons. The van der Waals surface area contributed by atoms with Crippen LogP contribution in [0.2, 0.25) is 0 Å². The molecule has 5 rings (SSSR count). The first-order valence-electron chi connectivity index (χ1n) is 12.2. The predicted molar refractivity (Wildman–Crippen MR) is 135 cm³/mol. The number of aromatic nitrogens is 5. The first kappa shape index (κ1) is 22.9. The van der Waals surface area contributed by atoms with Crippen LogP contribution in [0.3, 0.4) is 0 Å². The lowest BCUT2D eigenvalue weighted by atomic mass is 10.0. The smallest absolute Gasteiger partial charge is 0.264 e. The number of rotatable bonds is 9. The summed E-state index contributed by atoms with van der Waals surface area (Å²) in [6.45, 7) is 2.15. The number of aryl methyl sites for hydroxylation is 1. The summed E-state index contributed by atoms with van der Waals surface area (Å²) in [7, 11) is 1.57. The molecule has 35 heavy (non-hydrogen) atoms. The Morgan fingerprint density at radius 3 is 2.40 bits per heavy atom. The number of methoxy groups -OCH3 is 1. The van der Waals surface area contributed by atoms with E-state index < -0.39 is 0 Å². The Labute approximate surface area is 204 Å². The van der Waals surface area contributed by atoms with Crippen LogP contribution >= 0.6 is 0 Å². The van der Waals surface area contributed by atoms with Crippen molar-refractivity contribution in [2.45, 2.75) is 51.4 Å². The van der Waals surface area contributed by atoms with Crippen molar-refractivity contribution in [3.05, 3.63) is 94.1 Å². The monoisotopic (exact) mass is 467 g/mol. The van der Waals surface area contributed by atoms with Crippen molar-refractivity contribution in [3.63, 3.8) is 0 Å². The Bertz CT molecular complexity index is 1350. The molecule has 4 aromatic rings. The molecule has 1 aromatic carbocycles. The first-order valence-corrected chi connectivity index (χ1v) is 12.2. The van der Waals surface area contributed by atoms with Gasteiger partial charge in [-0.3, -0.25) is 9.78 Å². The van der Waals surface area contributed by atoms with Gasteiger partial charge in [-0.1, -0.05) is 49.7 Å². The number of unbranched alkanes of at least 4 members (excludes halogenated alkanes) is 1. The molecule has 0 saturated heterocycles. The van der Waals surface area contributed by atoms with Crippen molar-refractivity contribution in [2.75, 3.05) is 7.11 Å². The molecule has 3 aromatic heterocycles. The minimum Gasteiger partial charge on any atom is -0.494 e. The Kier molecular flexibility index (Phi) is 6.66. The van der Waals surface area contributed by atoms with Crippen LogP contribution in [0.4, 0.5) is 0 Å². The molecule has 0 atom stereocenters. The van der Waals surface area contributed by atoms with Gasteiger partial charge in [-0.05, 0) is 37.3 Å². The lowest BCUT2D eigenvalue weighted by molar-refractivity contribution is 0.410. The molecular weight excluding hydrogens is 438 g/mol. The molecule has 0 N–H and O–H groups in total. The third-order valence-electron chi connectivity index (χ3n) is 6.32. The molecule has 3 heterocycles. The van der Waals surface area contributed by atoms with Gasteiger partial charge >= 0.3 is 0 Å². The molecule has 0 bridgehead atoms. The molecule has 0 aliphatic heterocycles. The van der Waals surface area contributed by atoms with Gasteiger partial charge in [0.2, 0.25) is 5.95 Å². The number of nitrogens with zero attached hydrogens (tertiary/aromatic N) is 5. The van der Waals surface area contributed by atoms with Crippen LogP contribution < -0.4 is 10.3 Å². The highest BCUT2D eigenvalue weighted by Crippen LogP contribution is 2.39. The van der Waals surface area contributed by atoms with E-state index in [0.717, 1.165) is 60.4 Å². The Balaban J connectivity index is 1.56. The molecule has 1 aliphatic rings. The standard InChI is InChI=1S/C28H29N5O2/c1-3-4-10-25-23(15-19-11-14-24(29-16-19)20-8-6-5-7-9-20)27(34)33(26(32-25)21-12-13-21)28-30-17-22(35-2)18-31-28/h5-9,11,14,16-18,21H,3-4,10,12-13,15H2,1-2H3. The van der Waals surface area contributed by atoms with E-state index in [1.54, 1.807) is 24.1 Å². The van der Waals surface area contributed by atoms with E-state index in [4.69, 9.17) is 9.72 Å². The van der Waals surface area contributed by atoms with Crippen LogP contribution in [0, 0.1) is 0 Å². The average molecular weight is 468 g/mol. The van der Waals surface area contributed by atoms with Crippen molar-refractivity contribution < 1.29 is 4.74 Å². The highest BCUT2D eigenvalue weighted by Gasteiger charge is 2.31. The molecule has 7 heteroatoms. The fraction of sp³-hybridized carbons (Fsp3) is 0.321. The summed E-state index contributed by atoms with van der Waals surface area (Å²) in [6, 6.07) is 14.1. The zero-order chi connectivity index (χ0) is 24.2. The summed E-state index contributed by atoms with van der Waals surface area (Å²) >= 11 is 0. The second kappa shape index (κ2) is 10.2. The Morgan fingerprint density at radius 2 is 1.77 bits per heavy atom. The second-order valence-corrected chi connectivity index (χ2v) is 8.93. The van der Waals surface area contributed by atoms with E-state index in [1.165, 1.54) is 0 Å². The van der Waals surface area contributed by atoms with Crippen LogP contribution in [0.15, 0.2) is 65.8 Å². The predicted octanol–water partition coefficient (Wildman–Crippen LogP) is 4.90. The van der Waals surface area contributed by atoms with Gasteiger partial charge in [-0.25, -0.2) is 19.5 Å². The molecule has 0 amide bonds. The maximum absolute atomic E-state index is 13.9.